The molecular weight excluding hydrogens is 356 g/mol. The van der Waals surface area contributed by atoms with E-state index in [0.717, 1.165) is 29.5 Å². The van der Waals surface area contributed by atoms with Crippen molar-refractivity contribution in [1.82, 2.24) is 14.8 Å². The number of unbranched alkanes of at least 4 members (excludes halogenated alkanes) is 5. The van der Waals surface area contributed by atoms with Crippen molar-refractivity contribution in [3.8, 4) is 11.4 Å². The minimum absolute atomic E-state index is 0.204. The van der Waals surface area contributed by atoms with E-state index >= 15 is 0 Å². The van der Waals surface area contributed by atoms with Crippen molar-refractivity contribution in [2.24, 2.45) is 5.73 Å². The summed E-state index contributed by atoms with van der Waals surface area (Å²) in [5.74, 6) is 0.652. The molecule has 0 fully saturated rings. The van der Waals surface area contributed by atoms with E-state index in [-0.39, 0.29) is 11.7 Å². The summed E-state index contributed by atoms with van der Waals surface area (Å²) in [7, 11) is 0. The zero-order valence-electron chi connectivity index (χ0n) is 14.6. The zero-order chi connectivity index (χ0) is 18.1. The number of nitrogens with two attached hydrogens (primary N) is 1. The highest BCUT2D eigenvalue weighted by Gasteiger charge is 2.15. The van der Waals surface area contributed by atoms with Crippen LogP contribution in [0.1, 0.15) is 45.4 Å². The second-order valence-corrected chi connectivity index (χ2v) is 7.37. The smallest absolute Gasteiger partial charge is 0.227 e. The van der Waals surface area contributed by atoms with Crippen LogP contribution in [-0.4, -0.2) is 26.4 Å². The number of nitrogens with zero attached hydrogens (tertiary/aromatic N) is 3. The molecule has 1 aromatic carbocycles. The highest BCUT2D eigenvalue weighted by molar-refractivity contribution is 7.99. The summed E-state index contributed by atoms with van der Waals surface area (Å²) >= 11 is 7.31. The molecule has 1 amide bonds. The summed E-state index contributed by atoms with van der Waals surface area (Å²) in [5, 5.41) is 9.99. The second-order valence-electron chi connectivity index (χ2n) is 5.99. The maximum Gasteiger partial charge on any atom is 0.227 e. The van der Waals surface area contributed by atoms with Gasteiger partial charge in [0.15, 0.2) is 11.0 Å². The van der Waals surface area contributed by atoms with E-state index < -0.39 is 0 Å². The molecule has 0 saturated carbocycles. The SMILES string of the molecule is CCCCCCCCn1c(SCC(N)=O)nnc1-c1ccc(Cl)cc1. The number of carbonyl (C=O) groups is 1. The van der Waals surface area contributed by atoms with Crippen LogP contribution in [0.25, 0.3) is 11.4 Å². The van der Waals surface area contributed by atoms with Crippen molar-refractivity contribution in [3.63, 3.8) is 0 Å². The number of hydrogen-bond donors (Lipinski definition) is 1. The van der Waals surface area contributed by atoms with Crippen LogP contribution in [-0.2, 0) is 11.3 Å². The molecule has 0 bridgehead atoms. The predicted octanol–water partition coefficient (Wildman–Crippen LogP) is 4.54. The fourth-order valence-corrected chi connectivity index (χ4v) is 3.42. The van der Waals surface area contributed by atoms with Crippen LogP contribution < -0.4 is 5.73 Å². The lowest BCUT2D eigenvalue weighted by atomic mass is 10.1. The zero-order valence-corrected chi connectivity index (χ0v) is 16.2. The lowest BCUT2D eigenvalue weighted by Gasteiger charge is -2.10. The number of aromatic nitrogens is 3. The Labute approximate surface area is 158 Å². The Hall–Kier alpha value is -1.53. The van der Waals surface area contributed by atoms with E-state index in [1.54, 1.807) is 0 Å². The molecule has 136 valence electrons. The molecular formula is C18H25ClN4OS. The minimum Gasteiger partial charge on any atom is -0.369 e. The normalized spacial score (nSPS) is 11.0. The highest BCUT2D eigenvalue weighted by Crippen LogP contribution is 2.25. The Morgan fingerprint density at radius 2 is 1.80 bits per heavy atom. The maximum absolute atomic E-state index is 11.1. The van der Waals surface area contributed by atoms with E-state index in [1.165, 1.54) is 43.9 Å². The van der Waals surface area contributed by atoms with Gasteiger partial charge < -0.3 is 10.3 Å². The maximum atomic E-state index is 11.1. The molecule has 1 heterocycles. The van der Waals surface area contributed by atoms with E-state index in [0.29, 0.717) is 5.02 Å². The average molecular weight is 381 g/mol. The summed E-state index contributed by atoms with van der Waals surface area (Å²) in [4.78, 5) is 11.1. The number of primary amides is 1. The molecule has 0 saturated heterocycles. The summed E-state index contributed by atoms with van der Waals surface area (Å²) in [6.07, 6.45) is 7.31. The van der Waals surface area contributed by atoms with Crippen LogP contribution in [0.3, 0.4) is 0 Å². The number of halogens is 1. The Bertz CT molecular complexity index is 672. The predicted molar refractivity (Wildman–Crippen MR) is 104 cm³/mol. The van der Waals surface area contributed by atoms with Crippen molar-refractivity contribution in [2.75, 3.05) is 5.75 Å². The van der Waals surface area contributed by atoms with E-state index in [2.05, 4.69) is 21.7 Å². The van der Waals surface area contributed by atoms with Crippen molar-refractivity contribution < 1.29 is 4.79 Å². The van der Waals surface area contributed by atoms with Crippen LogP contribution in [0.5, 0.6) is 0 Å². The molecule has 2 N–H and O–H groups in total. The lowest BCUT2D eigenvalue weighted by Crippen LogP contribution is -2.14. The molecule has 0 aliphatic rings. The Balaban J connectivity index is 2.09. The van der Waals surface area contributed by atoms with E-state index in [9.17, 15) is 4.79 Å². The van der Waals surface area contributed by atoms with Crippen LogP contribution in [0, 0.1) is 0 Å². The molecule has 0 aliphatic heterocycles. The Morgan fingerprint density at radius 1 is 1.12 bits per heavy atom. The van der Waals surface area contributed by atoms with Gasteiger partial charge in [-0.15, -0.1) is 10.2 Å². The first kappa shape index (κ1) is 19.8. The van der Waals surface area contributed by atoms with Crippen LogP contribution in [0.4, 0.5) is 0 Å². The van der Waals surface area contributed by atoms with E-state index in [4.69, 9.17) is 17.3 Å². The lowest BCUT2D eigenvalue weighted by molar-refractivity contribution is -0.115. The molecule has 0 aliphatic carbocycles. The molecule has 0 spiro atoms. The number of benzene rings is 1. The first-order chi connectivity index (χ1) is 12.1. The van der Waals surface area contributed by atoms with Crippen molar-refractivity contribution in [3.05, 3.63) is 29.3 Å². The molecule has 2 rings (SSSR count). The van der Waals surface area contributed by atoms with Gasteiger partial charge in [0.1, 0.15) is 0 Å². The quantitative estimate of drug-likeness (QED) is 0.459. The van der Waals surface area contributed by atoms with Gasteiger partial charge in [0.25, 0.3) is 0 Å². The first-order valence-corrected chi connectivity index (χ1v) is 10.1. The van der Waals surface area contributed by atoms with Gasteiger partial charge in [0, 0.05) is 17.1 Å². The Morgan fingerprint density at radius 3 is 2.48 bits per heavy atom. The standard InChI is InChI=1S/C18H25ClN4OS/c1-2-3-4-5-6-7-12-23-17(14-8-10-15(19)11-9-14)21-22-18(23)25-13-16(20)24/h8-11H,2-7,12-13H2,1H3,(H2,20,24). The van der Waals surface area contributed by atoms with E-state index in [1.807, 2.05) is 24.3 Å². The third-order valence-electron chi connectivity index (χ3n) is 3.90. The minimum atomic E-state index is -0.354. The van der Waals surface area contributed by atoms with Crippen molar-refractivity contribution in [2.45, 2.75) is 57.1 Å². The topological polar surface area (TPSA) is 73.8 Å². The highest BCUT2D eigenvalue weighted by atomic mass is 35.5. The number of hydrogen-bond acceptors (Lipinski definition) is 4. The number of rotatable bonds is 11. The van der Waals surface area contributed by atoms with Gasteiger partial charge in [-0.1, -0.05) is 62.4 Å². The van der Waals surface area contributed by atoms with Gasteiger partial charge in [-0.2, -0.15) is 0 Å². The van der Waals surface area contributed by atoms with Crippen LogP contribution >= 0.6 is 23.4 Å². The number of amides is 1. The molecule has 5 nitrogen and oxygen atoms in total. The third kappa shape index (κ3) is 6.36. The fraction of sp³-hybridized carbons (Fsp3) is 0.500. The van der Waals surface area contributed by atoms with Crippen molar-refractivity contribution >= 4 is 29.3 Å². The molecule has 1 aromatic heterocycles. The monoisotopic (exact) mass is 380 g/mol. The van der Waals surface area contributed by atoms with Gasteiger partial charge in [-0.3, -0.25) is 4.79 Å². The molecule has 7 heteroatoms. The third-order valence-corrected chi connectivity index (χ3v) is 5.14. The van der Waals surface area contributed by atoms with Gasteiger partial charge in [0.05, 0.1) is 5.75 Å². The summed E-state index contributed by atoms with van der Waals surface area (Å²) in [6.45, 7) is 3.05. The Kier molecular flexibility index (Phi) is 8.28. The molecule has 0 radical (unpaired) electrons. The molecule has 0 atom stereocenters. The van der Waals surface area contributed by atoms with Gasteiger partial charge >= 0.3 is 0 Å². The summed E-state index contributed by atoms with van der Waals surface area (Å²) in [6, 6.07) is 7.56. The average Bonchev–Trinajstić information content (AvgIpc) is 2.99. The largest absolute Gasteiger partial charge is 0.369 e. The number of thioether (sulfide) groups is 1. The van der Waals surface area contributed by atoms with Crippen molar-refractivity contribution in [1.29, 1.82) is 0 Å². The molecule has 2 aromatic rings. The summed E-state index contributed by atoms with van der Waals surface area (Å²) in [5.41, 5.74) is 6.23. The second kappa shape index (κ2) is 10.5. The molecule has 0 unspecified atom stereocenters. The fourth-order valence-electron chi connectivity index (χ4n) is 2.60. The van der Waals surface area contributed by atoms with Gasteiger partial charge in [-0.25, -0.2) is 0 Å². The first-order valence-electron chi connectivity index (χ1n) is 8.72. The summed E-state index contributed by atoms with van der Waals surface area (Å²) < 4.78 is 2.08. The van der Waals surface area contributed by atoms with Crippen LogP contribution in [0.2, 0.25) is 5.02 Å². The van der Waals surface area contributed by atoms with Gasteiger partial charge in [-0.05, 0) is 30.7 Å². The number of carbonyl (C=O) groups excluding carboxylic acids is 1. The molecule has 25 heavy (non-hydrogen) atoms. The van der Waals surface area contributed by atoms with Crippen LogP contribution in [0.15, 0.2) is 29.4 Å². The van der Waals surface area contributed by atoms with Gasteiger partial charge in [0.2, 0.25) is 5.91 Å².